The quantitative estimate of drug-likeness (QED) is 0.495. The summed E-state index contributed by atoms with van der Waals surface area (Å²) >= 11 is 0. The molecule has 0 heterocycles. The number of nitrogens with zero attached hydrogens (tertiary/aromatic N) is 2. The van der Waals surface area contributed by atoms with Gasteiger partial charge in [0.05, 0.1) is 18.4 Å². The fourth-order valence-corrected chi connectivity index (χ4v) is 35.8. The predicted molar refractivity (Wildman–Crippen MR) is 107 cm³/mol. The normalized spacial score (nSPS) is 18.0. The first-order chi connectivity index (χ1) is 8.48. The van der Waals surface area contributed by atoms with Crippen LogP contribution in [0.3, 0.4) is 0 Å². The standard InChI is InChI=1S/C12H38N2Si5/c1-9(2)13(10(3)4)17-19(15,16)18-14(11(5)6)12(7)8/h9-12H,17-18H2,1-8,15-16H3. The molecule has 2 nitrogen and oxygen atoms in total. The summed E-state index contributed by atoms with van der Waals surface area (Å²) < 4.78 is 5.83. The maximum Gasteiger partial charge on any atom is 0.0794 e. The van der Waals surface area contributed by atoms with E-state index in [1.165, 1.54) is 0 Å². The molecular formula is C12H38N2Si5. The molecule has 0 saturated carbocycles. The van der Waals surface area contributed by atoms with E-state index in [1.807, 2.05) is 0 Å². The van der Waals surface area contributed by atoms with E-state index in [0.29, 0.717) is 0 Å². The summed E-state index contributed by atoms with van der Waals surface area (Å²) in [6.45, 7) is 19.3. The Morgan fingerprint density at radius 1 is 0.632 bits per heavy atom. The van der Waals surface area contributed by atoms with Crippen LogP contribution < -0.4 is 0 Å². The molecule has 0 amide bonds. The zero-order valence-electron chi connectivity index (χ0n) is 15.1. The van der Waals surface area contributed by atoms with Crippen molar-refractivity contribution in [3.63, 3.8) is 0 Å². The van der Waals surface area contributed by atoms with Crippen molar-refractivity contribution in [3.05, 3.63) is 0 Å². The second-order valence-corrected chi connectivity index (χ2v) is 68.1. The van der Waals surface area contributed by atoms with Crippen molar-refractivity contribution < 1.29 is 0 Å². The molecule has 0 aliphatic rings. The molecule has 19 heavy (non-hydrogen) atoms. The van der Waals surface area contributed by atoms with Crippen molar-refractivity contribution in [2.75, 3.05) is 0 Å². The molecule has 0 radical (unpaired) electrons. The van der Waals surface area contributed by atoms with E-state index in [4.69, 9.17) is 0 Å². The van der Waals surface area contributed by atoms with Gasteiger partial charge in [-0.15, -0.1) is 0 Å². The van der Waals surface area contributed by atoms with Crippen LogP contribution in [0.5, 0.6) is 0 Å². The zero-order valence-corrected chi connectivity index (χ0v) is 22.9. The van der Waals surface area contributed by atoms with Gasteiger partial charge in [0.25, 0.3) is 0 Å². The van der Waals surface area contributed by atoms with Gasteiger partial charge in [0.2, 0.25) is 0 Å². The van der Waals surface area contributed by atoms with Gasteiger partial charge in [-0.2, -0.15) is 0 Å². The van der Waals surface area contributed by atoms with Gasteiger partial charge in [-0.05, 0) is 43.7 Å². The minimum Gasteiger partial charge on any atom is -0.328 e. The van der Waals surface area contributed by atoms with E-state index in [1.54, 1.807) is 19.5 Å². The van der Waals surface area contributed by atoms with Crippen LogP contribution in [0.25, 0.3) is 0 Å². The Morgan fingerprint density at radius 2 is 0.842 bits per heavy atom. The van der Waals surface area contributed by atoms with Crippen LogP contribution in [0, 0.1) is 0 Å². The van der Waals surface area contributed by atoms with Crippen molar-refractivity contribution in [3.8, 4) is 0 Å². The molecule has 0 aliphatic heterocycles. The highest BCUT2D eigenvalue weighted by Crippen LogP contribution is 2.09. The third kappa shape index (κ3) is 7.54. The van der Waals surface area contributed by atoms with Gasteiger partial charge < -0.3 is 9.13 Å². The lowest BCUT2D eigenvalue weighted by Gasteiger charge is -2.41. The first-order valence-electron chi connectivity index (χ1n) is 7.99. The SMILES string of the molecule is CC(C)N([SiH2][Si]([SiH3])([SiH3])[SiH2]N(C(C)C)C(C)C)C(C)C. The lowest BCUT2D eigenvalue weighted by atomic mass is 10.3. The molecule has 116 valence electrons. The number of hydrogen-bond acceptors (Lipinski definition) is 2. The van der Waals surface area contributed by atoms with E-state index in [0.717, 1.165) is 24.2 Å². The number of rotatable bonds is 8. The Kier molecular flexibility index (Phi) is 8.89. The topological polar surface area (TPSA) is 6.48 Å². The minimum absolute atomic E-state index is 0.0673. The second-order valence-electron chi connectivity index (χ2n) is 7.88. The van der Waals surface area contributed by atoms with Gasteiger partial charge in [-0.1, -0.05) is 55.4 Å². The molecule has 0 fully saturated rings. The zero-order chi connectivity index (χ0) is 15.4. The van der Waals surface area contributed by atoms with E-state index >= 15 is 0 Å². The van der Waals surface area contributed by atoms with Gasteiger partial charge in [0.15, 0.2) is 0 Å². The third-order valence-corrected chi connectivity index (χ3v) is 32.0. The summed E-state index contributed by atoms with van der Waals surface area (Å²) in [5, 5.41) is 0. The molecule has 0 rings (SSSR count). The molecule has 7 heteroatoms. The van der Waals surface area contributed by atoms with Crippen LogP contribution >= 0.6 is 0 Å². The molecule has 0 aromatic rings. The first-order valence-corrected chi connectivity index (χ1v) is 22.9. The van der Waals surface area contributed by atoms with Crippen LogP contribution in [-0.2, 0) is 0 Å². The van der Waals surface area contributed by atoms with Gasteiger partial charge >= 0.3 is 0 Å². The lowest BCUT2D eigenvalue weighted by Crippen LogP contribution is -2.65. The fourth-order valence-electron chi connectivity index (χ4n) is 2.96. The molecule has 0 spiro atoms. The van der Waals surface area contributed by atoms with Gasteiger partial charge in [-0.3, -0.25) is 0 Å². The summed E-state index contributed by atoms with van der Waals surface area (Å²) in [5.74, 6) is 0. The van der Waals surface area contributed by atoms with E-state index < -0.39 is 6.14 Å². The largest absolute Gasteiger partial charge is 0.328 e. The molecular weight excluding hydrogens is 313 g/mol. The van der Waals surface area contributed by atoms with Crippen LogP contribution in [0.1, 0.15) is 55.4 Å². The molecule has 0 aromatic heterocycles. The first kappa shape index (κ1) is 20.0. The molecule has 0 aliphatic carbocycles. The average Bonchev–Trinajstić information content (AvgIpc) is 2.21. The summed E-state index contributed by atoms with van der Waals surface area (Å²) in [5.41, 5.74) is 0. The van der Waals surface area contributed by atoms with Gasteiger partial charge in [-0.25, -0.2) is 0 Å². The van der Waals surface area contributed by atoms with Crippen molar-refractivity contribution in [1.82, 2.24) is 9.13 Å². The maximum absolute atomic E-state index is 2.91. The summed E-state index contributed by atoms with van der Waals surface area (Å²) in [6, 6.07) is 3.12. The average molecular weight is 351 g/mol. The van der Waals surface area contributed by atoms with Crippen LogP contribution in [0.15, 0.2) is 0 Å². The Labute approximate surface area is 132 Å². The monoisotopic (exact) mass is 350 g/mol. The highest BCUT2D eigenvalue weighted by molar-refractivity contribution is 7.80. The second kappa shape index (κ2) is 8.45. The maximum atomic E-state index is 2.91. The smallest absolute Gasteiger partial charge is 0.0794 e. The number of hydrogen-bond donors (Lipinski definition) is 0. The molecule has 0 aromatic carbocycles. The van der Waals surface area contributed by atoms with E-state index in [9.17, 15) is 0 Å². The molecule has 0 N–H and O–H groups in total. The van der Waals surface area contributed by atoms with Crippen LogP contribution in [0.2, 0.25) is 0 Å². The van der Waals surface area contributed by atoms with Crippen molar-refractivity contribution >= 4 is 44.1 Å². The predicted octanol–water partition coefficient (Wildman–Crippen LogP) is -1.44. The van der Waals surface area contributed by atoms with Crippen molar-refractivity contribution in [2.45, 2.75) is 79.6 Å². The Morgan fingerprint density at radius 3 is 1.00 bits per heavy atom. The van der Waals surface area contributed by atoms with Crippen LogP contribution in [0.4, 0.5) is 0 Å². The lowest BCUT2D eigenvalue weighted by molar-refractivity contribution is 0.314. The van der Waals surface area contributed by atoms with E-state index in [-0.39, 0.29) is 18.4 Å². The van der Waals surface area contributed by atoms with Crippen LogP contribution in [-0.4, -0.2) is 77.4 Å². The van der Waals surface area contributed by atoms with Gasteiger partial charge in [0.1, 0.15) is 0 Å². The Hall–Kier alpha value is 1.00. The summed E-state index contributed by atoms with van der Waals surface area (Å²) in [4.78, 5) is 0. The molecule has 0 bridgehead atoms. The van der Waals surface area contributed by atoms with Crippen molar-refractivity contribution in [2.24, 2.45) is 0 Å². The highest BCUT2D eigenvalue weighted by Gasteiger charge is 2.31. The summed E-state index contributed by atoms with van der Waals surface area (Å²) in [7, 11) is 3.27. The third-order valence-electron chi connectivity index (χ3n) is 3.87. The van der Waals surface area contributed by atoms with Crippen molar-refractivity contribution in [1.29, 1.82) is 0 Å². The summed E-state index contributed by atoms with van der Waals surface area (Å²) in [6.07, 6.45) is -0.673. The highest BCUT2D eigenvalue weighted by atomic mass is 30.1. The molecule has 0 saturated heterocycles. The molecule has 0 unspecified atom stereocenters. The van der Waals surface area contributed by atoms with Gasteiger partial charge in [0, 0.05) is 6.14 Å². The Balaban J connectivity index is 4.77. The minimum atomic E-state index is -0.673. The molecule has 0 atom stereocenters. The Bertz CT molecular complexity index is 217. The van der Waals surface area contributed by atoms with E-state index in [2.05, 4.69) is 64.5 Å². The fraction of sp³-hybridized carbons (Fsp3) is 1.00.